The molecule has 2 aromatic carbocycles. The van der Waals surface area contributed by atoms with E-state index in [1.807, 2.05) is 46.8 Å². The van der Waals surface area contributed by atoms with Gasteiger partial charge in [0.2, 0.25) is 5.91 Å². The smallest absolute Gasteiger partial charge is 0.408 e. The Kier molecular flexibility index (Phi) is 9.70. The van der Waals surface area contributed by atoms with E-state index in [9.17, 15) is 9.59 Å². The minimum Gasteiger partial charge on any atom is -0.444 e. The molecular weight excluding hydrogens is 443 g/mol. The quantitative estimate of drug-likeness (QED) is 0.506. The highest BCUT2D eigenvalue weighted by Gasteiger charge is 2.34. The van der Waals surface area contributed by atoms with Crippen molar-refractivity contribution in [3.8, 4) is 0 Å². The van der Waals surface area contributed by atoms with Crippen molar-refractivity contribution >= 4 is 30.5 Å². The molecule has 2 atom stereocenters. The van der Waals surface area contributed by atoms with Gasteiger partial charge in [-0.2, -0.15) is 0 Å². The Balaban J connectivity index is 2.28. The van der Waals surface area contributed by atoms with Crippen LogP contribution in [0.3, 0.4) is 0 Å². The average molecular weight is 485 g/mol. The van der Waals surface area contributed by atoms with Gasteiger partial charge in [-0.1, -0.05) is 95.3 Å². The Hall–Kier alpha value is -2.39. The zero-order chi connectivity index (χ0) is 25.5. The number of amides is 2. The molecule has 0 saturated carbocycles. The Morgan fingerprint density at radius 1 is 0.824 bits per heavy atom. The van der Waals surface area contributed by atoms with E-state index >= 15 is 0 Å². The molecule has 0 aliphatic rings. The van der Waals surface area contributed by atoms with Gasteiger partial charge in [0.1, 0.15) is 11.6 Å². The lowest BCUT2D eigenvalue weighted by atomic mass is 9.87. The number of nitrogens with one attached hydrogen (secondary N) is 2. The van der Waals surface area contributed by atoms with Crippen LogP contribution in [0.2, 0.25) is 0 Å². The average Bonchev–Trinajstić information content (AvgIpc) is 2.73. The minimum atomic E-state index is -0.682. The summed E-state index contributed by atoms with van der Waals surface area (Å²) < 4.78 is 5.39. The summed E-state index contributed by atoms with van der Waals surface area (Å²) in [6.07, 6.45) is 0.222. The van der Waals surface area contributed by atoms with E-state index in [1.54, 1.807) is 0 Å². The Labute approximate surface area is 206 Å². The summed E-state index contributed by atoms with van der Waals surface area (Å²) in [6, 6.07) is 20.2. The SMILES string of the molecule is CC(C)C(NC(=O)OC(C)(C)C)C(=O)N[C@H](CP(c1ccccc1)c1ccccc1)C(C)(C)C. The van der Waals surface area contributed by atoms with Crippen molar-refractivity contribution in [2.75, 3.05) is 6.16 Å². The van der Waals surface area contributed by atoms with E-state index in [1.165, 1.54) is 10.6 Å². The number of carbonyl (C=O) groups excluding carboxylic acids is 2. The summed E-state index contributed by atoms with van der Waals surface area (Å²) in [4.78, 5) is 25.8. The fraction of sp³-hybridized carbons (Fsp3) is 0.500. The first-order valence-corrected chi connectivity index (χ1v) is 13.5. The standard InChI is InChI=1S/C28H41N2O3P/c1-20(2)24(30-26(32)33-28(6,7)8)25(31)29-23(27(3,4)5)19-34(21-15-11-9-12-16-21)22-17-13-10-14-18-22/h9-18,20,23-24H,19H2,1-8H3,(H,29,31)(H,30,32)/t23-,24?/m1/s1. The largest absolute Gasteiger partial charge is 0.444 e. The van der Waals surface area contributed by atoms with Crippen molar-refractivity contribution in [3.63, 3.8) is 0 Å². The minimum absolute atomic E-state index is 0.0853. The Bertz CT molecular complexity index is 879. The second kappa shape index (κ2) is 11.8. The van der Waals surface area contributed by atoms with Crippen molar-refractivity contribution in [2.24, 2.45) is 11.3 Å². The summed E-state index contributed by atoms with van der Waals surface area (Å²) in [5.41, 5.74) is -0.801. The molecule has 0 spiro atoms. The molecule has 0 aliphatic carbocycles. The third-order valence-corrected chi connectivity index (χ3v) is 8.06. The number of rotatable bonds is 8. The molecule has 0 aliphatic heterocycles. The van der Waals surface area contributed by atoms with E-state index in [2.05, 4.69) is 79.9 Å². The van der Waals surface area contributed by atoms with E-state index in [0.717, 1.165) is 6.16 Å². The van der Waals surface area contributed by atoms with Crippen LogP contribution in [0.25, 0.3) is 0 Å². The predicted molar refractivity (Wildman–Crippen MR) is 143 cm³/mol. The molecule has 0 bridgehead atoms. The molecule has 0 radical (unpaired) electrons. The number of hydrogen-bond acceptors (Lipinski definition) is 3. The second-order valence-electron chi connectivity index (χ2n) is 11.1. The van der Waals surface area contributed by atoms with Gasteiger partial charge in [0.05, 0.1) is 0 Å². The molecule has 0 saturated heterocycles. The van der Waals surface area contributed by atoms with Gasteiger partial charge in [0.25, 0.3) is 0 Å². The molecular formula is C28H41N2O3P. The monoisotopic (exact) mass is 484 g/mol. The topological polar surface area (TPSA) is 67.4 Å². The highest BCUT2D eigenvalue weighted by atomic mass is 31.1. The number of carbonyl (C=O) groups is 2. The highest BCUT2D eigenvalue weighted by molar-refractivity contribution is 7.73. The third-order valence-electron chi connectivity index (χ3n) is 5.48. The maximum absolute atomic E-state index is 13.4. The molecule has 5 nitrogen and oxygen atoms in total. The van der Waals surface area contributed by atoms with Crippen molar-refractivity contribution in [1.29, 1.82) is 0 Å². The van der Waals surface area contributed by atoms with Crippen molar-refractivity contribution in [2.45, 2.75) is 73.1 Å². The first-order chi connectivity index (χ1) is 15.8. The zero-order valence-corrected chi connectivity index (χ0v) is 22.8. The van der Waals surface area contributed by atoms with Crippen LogP contribution in [0, 0.1) is 11.3 Å². The molecule has 6 heteroatoms. The summed E-state index contributed by atoms with van der Waals surface area (Å²) in [6.45, 7) is 15.7. The van der Waals surface area contributed by atoms with Crippen LogP contribution in [0.5, 0.6) is 0 Å². The van der Waals surface area contributed by atoms with Gasteiger partial charge in [-0.25, -0.2) is 4.79 Å². The number of alkyl carbamates (subject to hydrolysis) is 1. The lowest BCUT2D eigenvalue weighted by Gasteiger charge is -2.36. The van der Waals surface area contributed by atoms with Crippen LogP contribution in [0.1, 0.15) is 55.4 Å². The molecule has 186 valence electrons. The lowest BCUT2D eigenvalue weighted by molar-refractivity contribution is -0.125. The normalized spacial score (nSPS) is 13.9. The summed E-state index contributed by atoms with van der Waals surface area (Å²) in [5, 5.41) is 8.62. The van der Waals surface area contributed by atoms with E-state index in [0.29, 0.717) is 0 Å². The summed E-state index contributed by atoms with van der Waals surface area (Å²) in [5.74, 6) is -0.269. The molecule has 2 N–H and O–H groups in total. The Morgan fingerprint density at radius 3 is 1.68 bits per heavy atom. The lowest BCUT2D eigenvalue weighted by Crippen LogP contribution is -2.56. The number of ether oxygens (including phenoxy) is 1. The highest BCUT2D eigenvalue weighted by Crippen LogP contribution is 2.38. The van der Waals surface area contributed by atoms with Gasteiger partial charge in [-0.15, -0.1) is 0 Å². The van der Waals surface area contributed by atoms with E-state index < -0.39 is 25.7 Å². The van der Waals surface area contributed by atoms with Crippen molar-refractivity contribution in [1.82, 2.24) is 10.6 Å². The van der Waals surface area contributed by atoms with Gasteiger partial charge in [-0.3, -0.25) is 4.79 Å². The first kappa shape index (κ1) is 27.9. The maximum Gasteiger partial charge on any atom is 0.408 e. The number of benzene rings is 2. The molecule has 0 heterocycles. The summed E-state index contributed by atoms with van der Waals surface area (Å²) in [7, 11) is -0.682. The van der Waals surface area contributed by atoms with E-state index in [4.69, 9.17) is 4.74 Å². The van der Waals surface area contributed by atoms with Crippen LogP contribution >= 0.6 is 7.92 Å². The molecule has 2 amide bonds. The first-order valence-electron chi connectivity index (χ1n) is 12.0. The van der Waals surface area contributed by atoms with Gasteiger partial charge >= 0.3 is 6.09 Å². The van der Waals surface area contributed by atoms with Crippen LogP contribution in [0.4, 0.5) is 4.79 Å². The molecule has 34 heavy (non-hydrogen) atoms. The Morgan fingerprint density at radius 2 is 1.29 bits per heavy atom. The molecule has 2 aromatic rings. The van der Waals surface area contributed by atoms with Gasteiger partial charge in [0, 0.05) is 6.04 Å². The van der Waals surface area contributed by atoms with Crippen LogP contribution < -0.4 is 21.2 Å². The van der Waals surface area contributed by atoms with Crippen LogP contribution in [-0.2, 0) is 9.53 Å². The van der Waals surface area contributed by atoms with Crippen molar-refractivity contribution < 1.29 is 14.3 Å². The molecule has 1 unspecified atom stereocenters. The maximum atomic E-state index is 13.4. The van der Waals surface area contributed by atoms with Gasteiger partial charge in [-0.05, 0) is 56.8 Å². The molecule has 2 rings (SSSR count). The number of hydrogen-bond donors (Lipinski definition) is 2. The molecule has 0 aromatic heterocycles. The molecule has 0 fully saturated rings. The van der Waals surface area contributed by atoms with Crippen molar-refractivity contribution in [3.05, 3.63) is 60.7 Å². The van der Waals surface area contributed by atoms with Crippen LogP contribution in [0.15, 0.2) is 60.7 Å². The fourth-order valence-electron chi connectivity index (χ4n) is 3.53. The van der Waals surface area contributed by atoms with Gasteiger partial charge < -0.3 is 15.4 Å². The second-order valence-corrected chi connectivity index (χ2v) is 13.3. The summed E-state index contributed by atoms with van der Waals surface area (Å²) >= 11 is 0. The third kappa shape index (κ3) is 8.76. The van der Waals surface area contributed by atoms with Gasteiger partial charge in [0.15, 0.2) is 0 Å². The zero-order valence-electron chi connectivity index (χ0n) is 21.9. The fourth-order valence-corrected chi connectivity index (χ4v) is 6.31. The van der Waals surface area contributed by atoms with E-state index in [-0.39, 0.29) is 23.3 Å². The predicted octanol–water partition coefficient (Wildman–Crippen LogP) is 5.20. The van der Waals surface area contributed by atoms with Crippen LogP contribution in [-0.4, -0.2) is 35.8 Å².